The predicted molar refractivity (Wildman–Crippen MR) is 87.1 cm³/mol. The molecule has 0 radical (unpaired) electrons. The second kappa shape index (κ2) is 10.8. The molecule has 0 fully saturated rings. The molecule has 20 heavy (non-hydrogen) atoms. The van der Waals surface area contributed by atoms with Crippen LogP contribution in [0.5, 0.6) is 0 Å². The smallest absolute Gasteiger partial charge is 0.324 e. The second-order valence-electron chi connectivity index (χ2n) is 6.11. The maximum Gasteiger partial charge on any atom is 0.328 e. The van der Waals surface area contributed by atoms with Gasteiger partial charge in [-0.15, -0.1) is 0 Å². The van der Waals surface area contributed by atoms with Crippen LogP contribution in [0.4, 0.5) is 0 Å². The van der Waals surface area contributed by atoms with Gasteiger partial charge in [-0.25, -0.2) is 0 Å². The van der Waals surface area contributed by atoms with E-state index in [0.29, 0.717) is 12.3 Å². The summed E-state index contributed by atoms with van der Waals surface area (Å²) in [6, 6.07) is 0. The molecule has 2 N–H and O–H groups in total. The van der Waals surface area contributed by atoms with Gasteiger partial charge in [-0.2, -0.15) is 0 Å². The first-order valence-corrected chi connectivity index (χ1v) is 10.1. The number of unbranched alkanes of at least 4 members (excludes halogenated alkanes) is 1. The highest BCUT2D eigenvalue weighted by molar-refractivity contribution is 7.52. The van der Waals surface area contributed by atoms with Gasteiger partial charge in [0, 0.05) is 0 Å². The molecule has 0 heterocycles. The minimum atomic E-state index is -3.97. The molecule has 3 atom stereocenters. The van der Waals surface area contributed by atoms with Gasteiger partial charge < -0.3 is 9.79 Å². The van der Waals surface area contributed by atoms with E-state index in [1.54, 1.807) is 0 Å². The van der Waals surface area contributed by atoms with Gasteiger partial charge in [-0.05, 0) is 31.1 Å². The van der Waals surface area contributed by atoms with Crippen molar-refractivity contribution in [2.24, 2.45) is 11.8 Å². The van der Waals surface area contributed by atoms with Crippen LogP contribution in [0, 0.1) is 11.8 Å². The normalized spacial score (nSPS) is 16.9. The molecule has 0 aliphatic rings. The van der Waals surface area contributed by atoms with Gasteiger partial charge in [0.1, 0.15) is 0 Å². The van der Waals surface area contributed by atoms with E-state index < -0.39 is 13.3 Å². The quantitative estimate of drug-likeness (QED) is 0.477. The van der Waals surface area contributed by atoms with Gasteiger partial charge in [0.15, 0.2) is 0 Å². The maximum absolute atomic E-state index is 11.8. The zero-order valence-corrected chi connectivity index (χ0v) is 14.7. The SMILES string of the molecule is CCCCC(CC)C(CCC(CC)CCC)P(=O)(O)O. The minimum absolute atomic E-state index is 0.176. The third-order valence-corrected chi connectivity index (χ3v) is 6.12. The van der Waals surface area contributed by atoms with Crippen molar-refractivity contribution in [3.05, 3.63) is 0 Å². The summed E-state index contributed by atoms with van der Waals surface area (Å²) in [5.41, 5.74) is -0.426. The second-order valence-corrected chi connectivity index (χ2v) is 7.95. The molecule has 122 valence electrons. The average Bonchev–Trinajstić information content (AvgIpc) is 2.39. The van der Waals surface area contributed by atoms with Crippen LogP contribution in [0.25, 0.3) is 0 Å². The first-order valence-electron chi connectivity index (χ1n) is 8.45. The Morgan fingerprint density at radius 1 is 0.850 bits per heavy atom. The van der Waals surface area contributed by atoms with Crippen molar-refractivity contribution in [3.63, 3.8) is 0 Å². The van der Waals surface area contributed by atoms with E-state index in [-0.39, 0.29) is 5.92 Å². The minimum Gasteiger partial charge on any atom is -0.324 e. The van der Waals surface area contributed by atoms with Crippen molar-refractivity contribution >= 4 is 7.60 Å². The van der Waals surface area contributed by atoms with Gasteiger partial charge in [0.05, 0.1) is 5.66 Å². The van der Waals surface area contributed by atoms with Gasteiger partial charge in [0.25, 0.3) is 0 Å². The summed E-state index contributed by atoms with van der Waals surface area (Å²) in [6.45, 7) is 8.56. The van der Waals surface area contributed by atoms with Crippen molar-refractivity contribution in [2.45, 2.75) is 91.1 Å². The molecule has 0 aromatic rings. The van der Waals surface area contributed by atoms with E-state index in [0.717, 1.165) is 44.9 Å². The number of rotatable bonds is 12. The third-order valence-electron chi connectivity index (χ3n) is 4.57. The molecule has 0 bridgehead atoms. The van der Waals surface area contributed by atoms with Gasteiger partial charge in [0.2, 0.25) is 0 Å². The molecule has 3 nitrogen and oxygen atoms in total. The van der Waals surface area contributed by atoms with Crippen LogP contribution in [0.1, 0.15) is 85.5 Å². The molecule has 3 unspecified atom stereocenters. The van der Waals surface area contributed by atoms with Crippen molar-refractivity contribution in [1.29, 1.82) is 0 Å². The summed E-state index contributed by atoms with van der Waals surface area (Å²) >= 11 is 0. The van der Waals surface area contributed by atoms with E-state index in [4.69, 9.17) is 0 Å². The van der Waals surface area contributed by atoms with E-state index in [2.05, 4.69) is 27.7 Å². The highest BCUT2D eigenvalue weighted by atomic mass is 31.2. The summed E-state index contributed by atoms with van der Waals surface area (Å²) in [5.74, 6) is 0.799. The van der Waals surface area contributed by atoms with E-state index in [1.807, 2.05) is 0 Å². The topological polar surface area (TPSA) is 57.5 Å². The van der Waals surface area contributed by atoms with Gasteiger partial charge >= 0.3 is 7.60 Å². The molecular formula is C16H35O3P. The van der Waals surface area contributed by atoms with Crippen LogP contribution in [-0.2, 0) is 4.57 Å². The third kappa shape index (κ3) is 7.81. The first kappa shape index (κ1) is 20.1. The van der Waals surface area contributed by atoms with Crippen molar-refractivity contribution in [1.82, 2.24) is 0 Å². The zero-order valence-electron chi connectivity index (χ0n) is 13.8. The van der Waals surface area contributed by atoms with Gasteiger partial charge in [-0.1, -0.05) is 66.2 Å². The zero-order chi connectivity index (χ0) is 15.6. The van der Waals surface area contributed by atoms with Crippen LogP contribution >= 0.6 is 7.60 Å². The summed E-state index contributed by atoms with van der Waals surface area (Å²) < 4.78 is 11.8. The lowest BCUT2D eigenvalue weighted by atomic mass is 9.88. The summed E-state index contributed by atoms with van der Waals surface area (Å²) in [4.78, 5) is 19.4. The van der Waals surface area contributed by atoms with Crippen LogP contribution < -0.4 is 0 Å². The maximum atomic E-state index is 11.8. The lowest BCUT2D eigenvalue weighted by Gasteiger charge is -2.28. The molecule has 0 aliphatic heterocycles. The molecule has 0 aromatic heterocycles. The lowest BCUT2D eigenvalue weighted by Crippen LogP contribution is -2.22. The van der Waals surface area contributed by atoms with Crippen LogP contribution in [0.15, 0.2) is 0 Å². The van der Waals surface area contributed by atoms with E-state index >= 15 is 0 Å². The standard InChI is InChI=1S/C16H35O3P/c1-5-9-11-15(8-4)16(20(17,18)19)13-12-14(7-3)10-6-2/h14-16H,5-13H2,1-4H3,(H2,17,18,19). The monoisotopic (exact) mass is 306 g/mol. The van der Waals surface area contributed by atoms with E-state index in [1.165, 1.54) is 6.42 Å². The highest BCUT2D eigenvalue weighted by Gasteiger charge is 2.34. The Morgan fingerprint density at radius 3 is 1.90 bits per heavy atom. The Kier molecular flexibility index (Phi) is 10.9. The Labute approximate surface area is 125 Å². The molecule has 4 heteroatoms. The number of hydrogen-bond donors (Lipinski definition) is 2. The molecule has 0 spiro atoms. The fraction of sp³-hybridized carbons (Fsp3) is 1.00. The molecule has 0 amide bonds. The summed E-state index contributed by atoms with van der Waals surface area (Å²) in [5, 5.41) is 0. The first-order chi connectivity index (χ1) is 9.40. The Bertz CT molecular complexity index is 275. The fourth-order valence-corrected chi connectivity index (χ4v) is 4.58. The van der Waals surface area contributed by atoms with Crippen LogP contribution in [0.2, 0.25) is 0 Å². The fourth-order valence-electron chi connectivity index (χ4n) is 3.18. The summed E-state index contributed by atoms with van der Waals surface area (Å²) in [7, 11) is -3.97. The molecule has 0 saturated heterocycles. The molecule has 0 rings (SSSR count). The van der Waals surface area contributed by atoms with Crippen LogP contribution in [0.3, 0.4) is 0 Å². The lowest BCUT2D eigenvalue weighted by molar-refractivity contribution is 0.296. The average molecular weight is 306 g/mol. The van der Waals surface area contributed by atoms with Gasteiger partial charge in [-0.3, -0.25) is 4.57 Å². The molecular weight excluding hydrogens is 271 g/mol. The molecule has 0 saturated carbocycles. The Morgan fingerprint density at radius 2 is 1.50 bits per heavy atom. The molecule has 0 aromatic carbocycles. The highest BCUT2D eigenvalue weighted by Crippen LogP contribution is 2.49. The van der Waals surface area contributed by atoms with E-state index in [9.17, 15) is 14.4 Å². The van der Waals surface area contributed by atoms with Crippen molar-refractivity contribution < 1.29 is 14.4 Å². The van der Waals surface area contributed by atoms with Crippen LogP contribution in [-0.4, -0.2) is 15.4 Å². The number of hydrogen-bond acceptors (Lipinski definition) is 1. The Hall–Kier alpha value is 0.150. The Balaban J connectivity index is 4.66. The van der Waals surface area contributed by atoms with Crippen molar-refractivity contribution in [3.8, 4) is 0 Å². The molecule has 0 aliphatic carbocycles. The van der Waals surface area contributed by atoms with Crippen molar-refractivity contribution in [2.75, 3.05) is 0 Å². The predicted octanol–water partition coefficient (Wildman–Crippen LogP) is 5.36. The summed E-state index contributed by atoms with van der Waals surface area (Å²) in [6.07, 6.45) is 9.09. The largest absolute Gasteiger partial charge is 0.328 e.